The molecule has 1 aliphatic rings. The zero-order chi connectivity index (χ0) is 28.3. The number of ether oxygens (including phenoxy) is 2. The van der Waals surface area contributed by atoms with Gasteiger partial charge in [0.1, 0.15) is 30.2 Å². The van der Waals surface area contributed by atoms with Crippen molar-refractivity contribution in [2.45, 2.75) is 51.6 Å². The predicted molar refractivity (Wildman–Crippen MR) is 129 cm³/mol. The molecule has 0 aliphatic heterocycles. The average Bonchev–Trinajstić information content (AvgIpc) is 2.80. The van der Waals surface area contributed by atoms with Gasteiger partial charge in [0, 0.05) is 0 Å². The number of hydrogen-bond acceptors (Lipinski definition) is 5. The third-order valence-corrected chi connectivity index (χ3v) is 5.26. The van der Waals surface area contributed by atoms with Crippen molar-refractivity contribution in [3.63, 3.8) is 0 Å². The standard InChI is InChI=1S/C26H26F4N2O6/c1-25(2,3)38-24(36)31-17-10-9-16-11-19(37-14-15-7-5-4-6-8-15)22(21(27)18(16)12-17)32(13-20(33)34)23(35)26(28,29)30/h4-11,17H,12-14H2,1-3H3,(H,31,36)(H,33,34)/t17-/m1/s1. The quantitative estimate of drug-likeness (QED) is 0.489. The summed E-state index contributed by atoms with van der Waals surface area (Å²) in [6.07, 6.45) is -3.50. The van der Waals surface area contributed by atoms with Crippen LogP contribution in [0.5, 0.6) is 5.75 Å². The third kappa shape index (κ3) is 7.24. The van der Waals surface area contributed by atoms with Crippen molar-refractivity contribution in [1.29, 1.82) is 0 Å². The number of alkyl carbamates (subject to hydrolysis) is 1. The van der Waals surface area contributed by atoms with Crippen LogP contribution in [0.1, 0.15) is 37.5 Å². The highest BCUT2D eigenvalue weighted by molar-refractivity contribution is 6.02. The van der Waals surface area contributed by atoms with Crippen LogP contribution in [-0.4, -0.2) is 47.4 Å². The van der Waals surface area contributed by atoms with Crippen molar-refractivity contribution in [1.82, 2.24) is 5.32 Å². The monoisotopic (exact) mass is 538 g/mol. The molecule has 2 amide bonds. The van der Waals surface area contributed by atoms with Crippen LogP contribution in [0, 0.1) is 5.82 Å². The first-order chi connectivity index (χ1) is 17.7. The van der Waals surface area contributed by atoms with E-state index in [-0.39, 0.29) is 29.1 Å². The zero-order valence-electron chi connectivity index (χ0n) is 20.8. The highest BCUT2D eigenvalue weighted by atomic mass is 19.4. The lowest BCUT2D eigenvalue weighted by Crippen LogP contribution is -2.45. The SMILES string of the molecule is CC(C)(C)OC(=O)N[C@@H]1C=Cc2cc(OCc3ccccc3)c(N(CC(=O)O)C(=O)C(F)(F)F)c(F)c2C1. The highest BCUT2D eigenvalue weighted by Gasteiger charge is 2.45. The normalized spacial score (nSPS) is 14.9. The number of nitrogens with one attached hydrogen (secondary N) is 1. The number of aliphatic carboxylic acids is 1. The second-order valence-corrected chi connectivity index (χ2v) is 9.48. The molecule has 38 heavy (non-hydrogen) atoms. The van der Waals surface area contributed by atoms with E-state index in [4.69, 9.17) is 9.47 Å². The third-order valence-electron chi connectivity index (χ3n) is 5.26. The number of nitrogens with zero attached hydrogens (tertiary/aromatic N) is 1. The van der Waals surface area contributed by atoms with E-state index in [0.717, 1.165) is 0 Å². The lowest BCUT2D eigenvalue weighted by Gasteiger charge is -2.29. The van der Waals surface area contributed by atoms with Crippen LogP contribution in [0.4, 0.5) is 28.0 Å². The minimum absolute atomic E-state index is 0.138. The molecule has 0 aromatic heterocycles. The fourth-order valence-electron chi connectivity index (χ4n) is 3.73. The number of carbonyl (C=O) groups excluding carboxylic acids is 2. The second kappa shape index (κ2) is 11.1. The molecule has 1 aliphatic carbocycles. The number of fused-ring (bicyclic) bond motifs is 1. The van der Waals surface area contributed by atoms with Gasteiger partial charge in [-0.05, 0) is 49.9 Å². The summed E-state index contributed by atoms with van der Waals surface area (Å²) in [5.41, 5.74) is -1.08. The second-order valence-electron chi connectivity index (χ2n) is 9.48. The van der Waals surface area contributed by atoms with Gasteiger partial charge < -0.3 is 19.9 Å². The average molecular weight is 538 g/mol. The molecule has 2 N–H and O–H groups in total. The van der Waals surface area contributed by atoms with E-state index < -0.39 is 59.6 Å². The molecule has 0 bridgehead atoms. The summed E-state index contributed by atoms with van der Waals surface area (Å²) in [6, 6.07) is 8.89. The number of halogens is 4. The lowest BCUT2D eigenvalue weighted by molar-refractivity contribution is -0.171. The molecule has 0 fully saturated rings. The van der Waals surface area contributed by atoms with Gasteiger partial charge in [0.05, 0.1) is 6.04 Å². The van der Waals surface area contributed by atoms with Crippen LogP contribution >= 0.6 is 0 Å². The number of carbonyl (C=O) groups is 3. The number of anilines is 1. The van der Waals surface area contributed by atoms with Crippen molar-refractivity contribution in [3.05, 3.63) is 65.0 Å². The van der Waals surface area contributed by atoms with Gasteiger partial charge in [-0.25, -0.2) is 9.18 Å². The molecule has 0 saturated heterocycles. The fraction of sp³-hybridized carbons (Fsp3) is 0.346. The van der Waals surface area contributed by atoms with Crippen molar-refractivity contribution < 1.29 is 46.5 Å². The Labute approximate surface area is 215 Å². The molecular weight excluding hydrogens is 512 g/mol. The zero-order valence-corrected chi connectivity index (χ0v) is 20.8. The molecule has 204 valence electrons. The number of rotatable bonds is 7. The summed E-state index contributed by atoms with van der Waals surface area (Å²) < 4.78 is 67.0. The van der Waals surface area contributed by atoms with Gasteiger partial charge in [0.15, 0.2) is 5.82 Å². The Kier molecular flexibility index (Phi) is 8.33. The molecule has 0 unspecified atom stereocenters. The number of alkyl halides is 3. The predicted octanol–water partition coefficient (Wildman–Crippen LogP) is 4.85. The van der Waals surface area contributed by atoms with Gasteiger partial charge in [-0.15, -0.1) is 0 Å². The van der Waals surface area contributed by atoms with Gasteiger partial charge in [-0.2, -0.15) is 13.2 Å². The fourth-order valence-corrected chi connectivity index (χ4v) is 3.73. The minimum atomic E-state index is -5.49. The first kappa shape index (κ1) is 28.5. The molecule has 1 atom stereocenters. The van der Waals surface area contributed by atoms with Gasteiger partial charge in [-0.1, -0.05) is 42.5 Å². The van der Waals surface area contributed by atoms with Crippen molar-refractivity contribution >= 4 is 29.7 Å². The smallest absolute Gasteiger partial charge is 0.471 e. The van der Waals surface area contributed by atoms with Gasteiger partial charge >= 0.3 is 24.1 Å². The summed E-state index contributed by atoms with van der Waals surface area (Å²) in [6.45, 7) is 3.29. The number of amides is 2. The lowest BCUT2D eigenvalue weighted by atomic mass is 9.92. The summed E-state index contributed by atoms with van der Waals surface area (Å²) >= 11 is 0. The summed E-state index contributed by atoms with van der Waals surface area (Å²) in [5.74, 6) is -6.09. The van der Waals surface area contributed by atoms with Crippen molar-refractivity contribution in [3.8, 4) is 5.75 Å². The molecule has 12 heteroatoms. The van der Waals surface area contributed by atoms with Crippen LogP contribution in [0.2, 0.25) is 0 Å². The van der Waals surface area contributed by atoms with E-state index in [1.165, 1.54) is 12.1 Å². The molecule has 0 heterocycles. The maximum absolute atomic E-state index is 16.0. The first-order valence-electron chi connectivity index (χ1n) is 11.5. The van der Waals surface area contributed by atoms with Crippen molar-refractivity contribution in [2.75, 3.05) is 11.4 Å². The van der Waals surface area contributed by atoms with E-state index in [1.54, 1.807) is 57.2 Å². The van der Waals surface area contributed by atoms with E-state index in [1.807, 2.05) is 0 Å². The summed E-state index contributed by atoms with van der Waals surface area (Å²) in [4.78, 5) is 35.6. The Bertz CT molecular complexity index is 1240. The number of carboxylic acid groups (broad SMARTS) is 1. The van der Waals surface area contributed by atoms with Crippen molar-refractivity contribution in [2.24, 2.45) is 0 Å². The molecular formula is C26H26F4N2O6. The molecule has 8 nitrogen and oxygen atoms in total. The molecule has 0 spiro atoms. The molecule has 0 saturated carbocycles. The summed E-state index contributed by atoms with van der Waals surface area (Å²) in [7, 11) is 0. The van der Waals surface area contributed by atoms with E-state index in [9.17, 15) is 32.7 Å². The molecule has 2 aromatic carbocycles. The largest absolute Gasteiger partial charge is 0.487 e. The van der Waals surface area contributed by atoms with Gasteiger partial charge in [0.2, 0.25) is 0 Å². The Morgan fingerprint density at radius 2 is 1.79 bits per heavy atom. The van der Waals surface area contributed by atoms with Crippen LogP contribution in [0.3, 0.4) is 0 Å². The number of hydrogen-bond donors (Lipinski definition) is 2. The number of benzene rings is 2. The highest BCUT2D eigenvalue weighted by Crippen LogP contribution is 2.40. The van der Waals surface area contributed by atoms with Crippen LogP contribution < -0.4 is 15.0 Å². The molecule has 0 radical (unpaired) electrons. The Morgan fingerprint density at radius 1 is 1.13 bits per heavy atom. The minimum Gasteiger partial charge on any atom is -0.487 e. The van der Waals surface area contributed by atoms with E-state index in [2.05, 4.69) is 5.32 Å². The maximum Gasteiger partial charge on any atom is 0.471 e. The van der Waals surface area contributed by atoms with Crippen LogP contribution in [0.15, 0.2) is 42.5 Å². The van der Waals surface area contributed by atoms with Crippen LogP contribution in [0.25, 0.3) is 6.08 Å². The summed E-state index contributed by atoms with van der Waals surface area (Å²) in [5, 5.41) is 11.8. The molecule has 2 aromatic rings. The first-order valence-corrected chi connectivity index (χ1v) is 11.5. The Hall–Kier alpha value is -4.09. The maximum atomic E-state index is 16.0. The van der Waals surface area contributed by atoms with Gasteiger partial charge in [-0.3, -0.25) is 14.5 Å². The Morgan fingerprint density at radius 3 is 2.37 bits per heavy atom. The van der Waals surface area contributed by atoms with Crippen LogP contribution in [-0.2, 0) is 27.4 Å². The number of carboxylic acids is 1. The topological polar surface area (TPSA) is 105 Å². The Balaban J connectivity index is 2.06. The van der Waals surface area contributed by atoms with Gasteiger partial charge in [0.25, 0.3) is 0 Å². The molecule has 3 rings (SSSR count). The van der Waals surface area contributed by atoms with E-state index in [0.29, 0.717) is 5.56 Å². The van der Waals surface area contributed by atoms with E-state index >= 15 is 4.39 Å².